The normalized spacial score (nSPS) is 36.8. The fraction of sp³-hybridized carbons (Fsp3) is 0.875. The summed E-state index contributed by atoms with van der Waals surface area (Å²) in [6.07, 6.45) is -2.10. The van der Waals surface area contributed by atoms with Gasteiger partial charge < -0.3 is 29.4 Å². The van der Waals surface area contributed by atoms with Gasteiger partial charge in [-0.3, -0.25) is 9.59 Å². The average molecular weight is 365 g/mol. The fourth-order valence-corrected chi connectivity index (χ4v) is 3.09. The van der Waals surface area contributed by atoms with Crippen LogP contribution in [0.5, 0.6) is 0 Å². The maximum atomic E-state index is 11.9. The van der Waals surface area contributed by atoms with Gasteiger partial charge in [-0.05, 0) is 6.42 Å². The SMILES string of the molecule is [B][C@@H]1O[C@H](CC)C(O)[C@@H]1OC[C@H]1O[C@@H]([B])CC1OC(=O)CCC(=O)NC. The lowest BCUT2D eigenvalue weighted by molar-refractivity contribution is -0.156. The summed E-state index contributed by atoms with van der Waals surface area (Å²) in [6, 6.07) is -1.32. The molecule has 4 radical (unpaired) electrons. The molecule has 8 nitrogen and oxygen atoms in total. The number of nitrogens with one attached hydrogen (secondary N) is 1. The topological polar surface area (TPSA) is 103 Å². The first-order valence-corrected chi connectivity index (χ1v) is 8.87. The van der Waals surface area contributed by atoms with Crippen LogP contribution in [0.3, 0.4) is 0 Å². The molecule has 0 spiro atoms. The lowest BCUT2D eigenvalue weighted by Gasteiger charge is -2.24. The average Bonchev–Trinajstić information content (AvgIpc) is 3.09. The molecule has 26 heavy (non-hydrogen) atoms. The van der Waals surface area contributed by atoms with Crippen LogP contribution >= 0.6 is 0 Å². The Balaban J connectivity index is 1.83. The van der Waals surface area contributed by atoms with Crippen molar-refractivity contribution in [1.82, 2.24) is 5.32 Å². The van der Waals surface area contributed by atoms with E-state index in [4.69, 9.17) is 34.6 Å². The Morgan fingerprint density at radius 3 is 2.58 bits per heavy atom. The van der Waals surface area contributed by atoms with Gasteiger partial charge in [0.05, 0.1) is 19.1 Å². The minimum absolute atomic E-state index is 0.0305. The Morgan fingerprint density at radius 1 is 1.23 bits per heavy atom. The lowest BCUT2D eigenvalue weighted by Crippen LogP contribution is -2.40. The maximum absolute atomic E-state index is 11.9. The van der Waals surface area contributed by atoms with Crippen LogP contribution < -0.4 is 5.32 Å². The molecule has 10 heteroatoms. The molecule has 2 fully saturated rings. The van der Waals surface area contributed by atoms with Gasteiger partial charge in [0, 0.05) is 31.9 Å². The van der Waals surface area contributed by atoms with E-state index in [2.05, 4.69) is 5.32 Å². The number of amides is 1. The van der Waals surface area contributed by atoms with Gasteiger partial charge in [-0.2, -0.15) is 0 Å². The summed E-state index contributed by atoms with van der Waals surface area (Å²) in [6.45, 7) is 1.94. The fourth-order valence-electron chi connectivity index (χ4n) is 3.09. The van der Waals surface area contributed by atoms with Crippen LogP contribution in [-0.2, 0) is 28.5 Å². The number of esters is 1. The summed E-state index contributed by atoms with van der Waals surface area (Å²) >= 11 is 0. The number of carbonyl (C=O) groups is 2. The van der Waals surface area contributed by atoms with E-state index >= 15 is 0 Å². The van der Waals surface area contributed by atoms with Gasteiger partial charge in [-0.25, -0.2) is 0 Å². The molecule has 2 N–H and O–H groups in total. The third-order valence-electron chi connectivity index (χ3n) is 4.58. The second kappa shape index (κ2) is 9.73. The van der Waals surface area contributed by atoms with Gasteiger partial charge in [0.25, 0.3) is 0 Å². The molecule has 7 atom stereocenters. The van der Waals surface area contributed by atoms with Crippen LogP contribution in [0.2, 0.25) is 0 Å². The van der Waals surface area contributed by atoms with Crippen molar-refractivity contribution in [2.45, 2.75) is 75.1 Å². The van der Waals surface area contributed by atoms with Crippen LogP contribution in [0.1, 0.15) is 32.6 Å². The molecule has 2 unspecified atom stereocenters. The first-order valence-electron chi connectivity index (χ1n) is 8.87. The predicted molar refractivity (Wildman–Crippen MR) is 92.7 cm³/mol. The molecular weight excluding hydrogens is 340 g/mol. The number of carbonyl (C=O) groups excluding carboxylic acids is 2. The van der Waals surface area contributed by atoms with E-state index in [1.165, 1.54) is 7.05 Å². The van der Waals surface area contributed by atoms with Crippen molar-refractivity contribution >= 4 is 27.6 Å². The lowest BCUT2D eigenvalue weighted by atomic mass is 9.92. The molecular formula is C16H25B2NO7. The molecule has 2 aliphatic rings. The van der Waals surface area contributed by atoms with E-state index in [9.17, 15) is 14.7 Å². The van der Waals surface area contributed by atoms with E-state index in [1.807, 2.05) is 6.92 Å². The van der Waals surface area contributed by atoms with E-state index in [0.29, 0.717) is 12.8 Å². The van der Waals surface area contributed by atoms with Crippen molar-refractivity contribution in [3.63, 3.8) is 0 Å². The Bertz CT molecular complexity index is 495. The molecule has 0 aliphatic carbocycles. The summed E-state index contributed by atoms with van der Waals surface area (Å²) in [4.78, 5) is 23.1. The molecule has 2 rings (SSSR count). The minimum atomic E-state index is -0.835. The maximum Gasteiger partial charge on any atom is 0.306 e. The van der Waals surface area contributed by atoms with E-state index in [-0.39, 0.29) is 31.5 Å². The highest BCUT2D eigenvalue weighted by Crippen LogP contribution is 2.27. The van der Waals surface area contributed by atoms with E-state index in [0.717, 1.165) is 0 Å². The van der Waals surface area contributed by atoms with Gasteiger partial charge in [-0.15, -0.1) is 0 Å². The van der Waals surface area contributed by atoms with Crippen LogP contribution in [-0.4, -0.2) is 88.9 Å². The second-order valence-electron chi connectivity index (χ2n) is 6.49. The summed E-state index contributed by atoms with van der Waals surface area (Å²) in [5, 5.41) is 12.6. The summed E-state index contributed by atoms with van der Waals surface area (Å²) in [5.41, 5.74) is 0. The minimum Gasteiger partial charge on any atom is -0.459 e. The molecule has 0 aromatic carbocycles. The predicted octanol–water partition coefficient (Wildman–Crippen LogP) is -1.24. The molecule has 2 saturated heterocycles. The molecule has 142 valence electrons. The van der Waals surface area contributed by atoms with E-state index < -0.39 is 42.4 Å². The Kier molecular flexibility index (Phi) is 7.94. The van der Waals surface area contributed by atoms with Crippen LogP contribution in [0.15, 0.2) is 0 Å². The standard InChI is InChI=1S/C16H25B2NO7/c1-3-8-14(22)15(16(18)26-8)23-7-10-9(6-11(17)24-10)25-13(21)5-4-12(20)19-2/h8-11,14-16,22H,3-7H2,1-2H3,(H,19,20)/t8-,9?,10-,11-,14?,15+,16-/m1/s1. The van der Waals surface area contributed by atoms with Crippen molar-refractivity contribution in [2.75, 3.05) is 13.7 Å². The highest BCUT2D eigenvalue weighted by Gasteiger charge is 2.42. The monoisotopic (exact) mass is 365 g/mol. The molecule has 0 saturated carbocycles. The molecule has 0 bridgehead atoms. The van der Waals surface area contributed by atoms with Gasteiger partial charge in [-0.1, -0.05) is 6.92 Å². The zero-order valence-corrected chi connectivity index (χ0v) is 15.1. The van der Waals surface area contributed by atoms with Gasteiger partial charge >= 0.3 is 5.97 Å². The molecule has 0 aromatic heterocycles. The largest absolute Gasteiger partial charge is 0.459 e. The molecule has 2 aliphatic heterocycles. The number of hydrogen-bond donors (Lipinski definition) is 2. The number of ether oxygens (including phenoxy) is 4. The summed E-state index contributed by atoms with van der Waals surface area (Å²) < 4.78 is 22.0. The smallest absolute Gasteiger partial charge is 0.306 e. The highest BCUT2D eigenvalue weighted by molar-refractivity contribution is 6.11. The Hall–Kier alpha value is -1.09. The highest BCUT2D eigenvalue weighted by atomic mass is 16.6. The first-order chi connectivity index (χ1) is 12.3. The first kappa shape index (κ1) is 21.2. The zero-order chi connectivity index (χ0) is 19.3. The molecule has 1 amide bonds. The zero-order valence-electron chi connectivity index (χ0n) is 15.1. The Labute approximate surface area is 156 Å². The number of rotatable bonds is 8. The van der Waals surface area contributed by atoms with Gasteiger partial charge in [0.15, 0.2) is 0 Å². The molecule has 2 heterocycles. The third kappa shape index (κ3) is 5.45. The third-order valence-corrected chi connectivity index (χ3v) is 4.58. The van der Waals surface area contributed by atoms with Crippen LogP contribution in [0.4, 0.5) is 0 Å². The number of hydrogen-bond acceptors (Lipinski definition) is 7. The van der Waals surface area contributed by atoms with E-state index in [1.54, 1.807) is 0 Å². The van der Waals surface area contributed by atoms with Crippen molar-refractivity contribution in [2.24, 2.45) is 0 Å². The quantitative estimate of drug-likeness (QED) is 0.410. The van der Waals surface area contributed by atoms with Crippen LogP contribution in [0.25, 0.3) is 0 Å². The van der Waals surface area contributed by atoms with Gasteiger partial charge in [0.1, 0.15) is 40.1 Å². The Morgan fingerprint density at radius 2 is 1.96 bits per heavy atom. The number of aliphatic hydroxyl groups is 1. The summed E-state index contributed by atoms with van der Waals surface area (Å²) in [5.74, 6) is -0.746. The molecule has 0 aromatic rings. The van der Waals surface area contributed by atoms with Gasteiger partial charge in [0.2, 0.25) is 5.91 Å². The van der Waals surface area contributed by atoms with Crippen molar-refractivity contribution in [1.29, 1.82) is 0 Å². The van der Waals surface area contributed by atoms with Crippen LogP contribution in [0, 0.1) is 0 Å². The summed E-state index contributed by atoms with van der Waals surface area (Å²) in [7, 11) is 13.1. The van der Waals surface area contributed by atoms with Crippen molar-refractivity contribution in [3.8, 4) is 0 Å². The van der Waals surface area contributed by atoms with Crippen molar-refractivity contribution < 1.29 is 33.6 Å². The van der Waals surface area contributed by atoms with Crippen molar-refractivity contribution in [3.05, 3.63) is 0 Å². The number of aliphatic hydroxyl groups excluding tert-OH is 1. The second-order valence-corrected chi connectivity index (χ2v) is 6.49.